The van der Waals surface area contributed by atoms with Crippen molar-refractivity contribution in [3.05, 3.63) is 60.2 Å². The molecule has 148 valence electrons. The summed E-state index contributed by atoms with van der Waals surface area (Å²) in [4.78, 5) is 33.2. The van der Waals surface area contributed by atoms with Crippen molar-refractivity contribution in [3.8, 4) is 0 Å². The molecule has 0 aliphatic rings. The Morgan fingerprint density at radius 3 is 2.54 bits per heavy atom. The molecular formula is C19H25BN4O4. The number of carbonyl (C=O) groups excluding carboxylic acids is 2. The topological polar surface area (TPSA) is 113 Å². The second kappa shape index (κ2) is 11.2. The zero-order chi connectivity index (χ0) is 20.4. The lowest BCUT2D eigenvalue weighted by atomic mass is 10.0. The molecule has 8 nitrogen and oxygen atoms in total. The van der Waals surface area contributed by atoms with Crippen LogP contribution in [0.25, 0.3) is 0 Å². The summed E-state index contributed by atoms with van der Waals surface area (Å²) < 4.78 is 5.20. The summed E-state index contributed by atoms with van der Waals surface area (Å²) in [5.74, 6) is -0.647. The molecule has 2 aromatic rings. The zero-order valence-corrected chi connectivity index (χ0v) is 16.0. The van der Waals surface area contributed by atoms with Gasteiger partial charge in [-0.05, 0) is 17.9 Å². The molecule has 0 aliphatic carbocycles. The Morgan fingerprint density at radius 1 is 1.18 bits per heavy atom. The standard InChI is InChI=1S/C19H25BN4O4/c1-13(2)10-17(28-20-27)24-18(25)15(11-14-6-4-3-5-7-14)23-19(26)16-12-21-8-9-22-16/h3-9,12-13,15,17,20,27H,10-11H2,1-2H3,(H,23,26)(H,24,25)/t15-,17+/m0/s1. The van der Waals surface area contributed by atoms with Gasteiger partial charge in [0.05, 0.1) is 6.20 Å². The number of carbonyl (C=O) groups is 2. The van der Waals surface area contributed by atoms with Crippen molar-refractivity contribution in [3.63, 3.8) is 0 Å². The molecule has 0 spiro atoms. The summed E-state index contributed by atoms with van der Waals surface area (Å²) in [6.45, 7) is 3.97. The van der Waals surface area contributed by atoms with Gasteiger partial charge in [0.15, 0.2) is 0 Å². The van der Waals surface area contributed by atoms with E-state index in [2.05, 4.69) is 20.6 Å². The summed E-state index contributed by atoms with van der Waals surface area (Å²) in [7, 11) is -0.507. The quantitative estimate of drug-likeness (QED) is 0.408. The van der Waals surface area contributed by atoms with Gasteiger partial charge in [0.1, 0.15) is 18.0 Å². The van der Waals surface area contributed by atoms with Crippen molar-refractivity contribution >= 4 is 19.5 Å². The molecule has 2 atom stereocenters. The van der Waals surface area contributed by atoms with Crippen molar-refractivity contribution in [2.75, 3.05) is 0 Å². The van der Waals surface area contributed by atoms with E-state index in [1.54, 1.807) is 0 Å². The first-order valence-electron chi connectivity index (χ1n) is 9.13. The van der Waals surface area contributed by atoms with Gasteiger partial charge in [0, 0.05) is 18.8 Å². The zero-order valence-electron chi connectivity index (χ0n) is 16.0. The van der Waals surface area contributed by atoms with E-state index in [0.717, 1.165) is 5.56 Å². The number of amides is 2. The van der Waals surface area contributed by atoms with Crippen molar-refractivity contribution in [2.45, 2.75) is 39.0 Å². The highest BCUT2D eigenvalue weighted by Gasteiger charge is 2.25. The number of rotatable bonds is 10. The first-order valence-corrected chi connectivity index (χ1v) is 9.13. The van der Waals surface area contributed by atoms with Crippen LogP contribution < -0.4 is 10.6 Å². The number of aromatic nitrogens is 2. The van der Waals surface area contributed by atoms with E-state index in [1.807, 2.05) is 44.2 Å². The molecule has 1 aromatic heterocycles. The van der Waals surface area contributed by atoms with Gasteiger partial charge < -0.3 is 20.3 Å². The van der Waals surface area contributed by atoms with E-state index >= 15 is 0 Å². The molecule has 28 heavy (non-hydrogen) atoms. The second-order valence-corrected chi connectivity index (χ2v) is 6.73. The third-order valence-corrected chi connectivity index (χ3v) is 3.96. The fourth-order valence-electron chi connectivity index (χ4n) is 2.65. The van der Waals surface area contributed by atoms with Crippen molar-refractivity contribution in [2.24, 2.45) is 5.92 Å². The summed E-state index contributed by atoms with van der Waals surface area (Å²) in [6, 6.07) is 8.53. The molecule has 0 unspecified atom stereocenters. The highest BCUT2D eigenvalue weighted by Crippen LogP contribution is 2.08. The monoisotopic (exact) mass is 384 g/mol. The first kappa shape index (κ1) is 21.5. The van der Waals surface area contributed by atoms with Gasteiger partial charge in [0.25, 0.3) is 5.91 Å². The Labute approximate surface area is 165 Å². The number of nitrogens with zero attached hydrogens (tertiary/aromatic N) is 2. The van der Waals surface area contributed by atoms with E-state index in [1.165, 1.54) is 18.6 Å². The summed E-state index contributed by atoms with van der Waals surface area (Å²) in [5, 5.41) is 14.5. The second-order valence-electron chi connectivity index (χ2n) is 6.73. The number of hydrogen-bond donors (Lipinski definition) is 3. The van der Waals surface area contributed by atoms with Crippen LogP contribution >= 0.6 is 0 Å². The fraction of sp³-hybridized carbons (Fsp3) is 0.368. The molecule has 0 aliphatic heterocycles. The van der Waals surface area contributed by atoms with Crippen molar-refractivity contribution in [1.29, 1.82) is 0 Å². The van der Waals surface area contributed by atoms with E-state index in [4.69, 9.17) is 9.68 Å². The fourth-order valence-corrected chi connectivity index (χ4v) is 2.65. The Balaban J connectivity index is 2.14. The van der Waals surface area contributed by atoms with Gasteiger partial charge in [-0.25, -0.2) is 4.98 Å². The minimum Gasteiger partial charge on any atom is -0.430 e. The van der Waals surface area contributed by atoms with Crippen molar-refractivity contribution in [1.82, 2.24) is 20.6 Å². The van der Waals surface area contributed by atoms with Crippen molar-refractivity contribution < 1.29 is 19.3 Å². The minimum absolute atomic E-state index is 0.124. The maximum atomic E-state index is 12.9. The average Bonchev–Trinajstić information content (AvgIpc) is 2.68. The van der Waals surface area contributed by atoms with Crippen LogP contribution in [0.1, 0.15) is 36.3 Å². The average molecular weight is 384 g/mol. The minimum atomic E-state index is -0.839. The lowest BCUT2D eigenvalue weighted by molar-refractivity contribution is -0.125. The molecule has 0 bridgehead atoms. The van der Waals surface area contributed by atoms with Gasteiger partial charge in [-0.3, -0.25) is 14.6 Å². The highest BCUT2D eigenvalue weighted by molar-refractivity contribution is 6.16. The molecule has 2 amide bonds. The lowest BCUT2D eigenvalue weighted by Crippen LogP contribution is -2.51. The normalized spacial score (nSPS) is 12.9. The summed E-state index contributed by atoms with van der Waals surface area (Å²) in [5.41, 5.74) is 1.02. The third kappa shape index (κ3) is 7.09. The van der Waals surface area contributed by atoms with E-state index < -0.39 is 31.8 Å². The van der Waals surface area contributed by atoms with Crippen LogP contribution in [0.5, 0.6) is 0 Å². The third-order valence-electron chi connectivity index (χ3n) is 3.96. The van der Waals surface area contributed by atoms with Crippen LogP contribution in [-0.4, -0.2) is 46.8 Å². The van der Waals surface area contributed by atoms with Gasteiger partial charge >= 0.3 is 7.69 Å². The summed E-state index contributed by atoms with van der Waals surface area (Å²) >= 11 is 0. The Morgan fingerprint density at radius 2 is 1.93 bits per heavy atom. The van der Waals surface area contributed by atoms with Crippen LogP contribution in [0.4, 0.5) is 0 Å². The largest absolute Gasteiger partial charge is 0.436 e. The molecule has 1 aromatic carbocycles. The SMILES string of the molecule is CC(C)C[C@H](NC(=O)[C@H](Cc1ccccc1)NC(=O)c1cnccn1)OBO. The van der Waals surface area contributed by atoms with Gasteiger partial charge in [-0.1, -0.05) is 44.2 Å². The van der Waals surface area contributed by atoms with Gasteiger partial charge in [0.2, 0.25) is 5.91 Å². The van der Waals surface area contributed by atoms with E-state index in [0.29, 0.717) is 12.8 Å². The van der Waals surface area contributed by atoms with Crippen LogP contribution in [0, 0.1) is 5.92 Å². The van der Waals surface area contributed by atoms with Gasteiger partial charge in [-0.2, -0.15) is 0 Å². The van der Waals surface area contributed by atoms with E-state index in [-0.39, 0.29) is 11.6 Å². The molecular weight excluding hydrogens is 359 g/mol. The smallest absolute Gasteiger partial charge is 0.430 e. The molecule has 0 saturated carbocycles. The molecule has 2 rings (SSSR count). The molecule has 0 radical (unpaired) electrons. The lowest BCUT2D eigenvalue weighted by Gasteiger charge is -2.24. The molecule has 0 saturated heterocycles. The number of benzene rings is 1. The molecule has 1 heterocycles. The first-order chi connectivity index (χ1) is 13.5. The van der Waals surface area contributed by atoms with Crippen LogP contribution in [-0.2, 0) is 15.9 Å². The Bertz CT molecular complexity index is 746. The number of nitrogens with one attached hydrogen (secondary N) is 2. The van der Waals surface area contributed by atoms with Crippen LogP contribution in [0.15, 0.2) is 48.9 Å². The maximum Gasteiger partial charge on any atom is 0.436 e. The van der Waals surface area contributed by atoms with Crippen LogP contribution in [0.2, 0.25) is 0 Å². The molecule has 0 fully saturated rings. The number of hydrogen-bond acceptors (Lipinski definition) is 6. The Kier molecular flexibility index (Phi) is 8.58. The predicted molar refractivity (Wildman–Crippen MR) is 105 cm³/mol. The van der Waals surface area contributed by atoms with Gasteiger partial charge in [-0.15, -0.1) is 0 Å². The highest BCUT2D eigenvalue weighted by atomic mass is 16.5. The van der Waals surface area contributed by atoms with Crippen LogP contribution in [0.3, 0.4) is 0 Å². The molecule has 9 heteroatoms. The van der Waals surface area contributed by atoms with E-state index in [9.17, 15) is 9.59 Å². The Hall–Kier alpha value is -2.78. The maximum absolute atomic E-state index is 12.9. The summed E-state index contributed by atoms with van der Waals surface area (Å²) in [6.07, 6.45) is 4.39. The predicted octanol–water partition coefficient (Wildman–Crippen LogP) is 0.581. The molecule has 3 N–H and O–H groups in total.